The van der Waals surface area contributed by atoms with Crippen molar-refractivity contribution in [3.05, 3.63) is 35.9 Å². The molecule has 6 nitrogen and oxygen atoms in total. The number of amides is 1. The monoisotopic (exact) mass is 268 g/mol. The number of ether oxygens (including phenoxy) is 2. The smallest absolute Gasteiger partial charge is 0.410 e. The summed E-state index contributed by atoms with van der Waals surface area (Å²) in [7, 11) is 0.621. The molecule has 0 saturated carbocycles. The Morgan fingerprint density at radius 1 is 1.42 bits per heavy atom. The quantitative estimate of drug-likeness (QED) is 0.799. The van der Waals surface area contributed by atoms with Crippen LogP contribution in [0, 0.1) is 0 Å². The van der Waals surface area contributed by atoms with E-state index in [0.29, 0.717) is 0 Å². The van der Waals surface area contributed by atoms with Crippen molar-refractivity contribution < 1.29 is 25.5 Å². The highest BCUT2D eigenvalue weighted by Gasteiger charge is 2.27. The summed E-state index contributed by atoms with van der Waals surface area (Å²) in [5.41, 5.74) is 0.782. The predicted octanol–water partition coefficient (Wildman–Crippen LogP) is 0.789. The van der Waals surface area contributed by atoms with Crippen molar-refractivity contribution in [3.8, 4) is 0 Å². The summed E-state index contributed by atoms with van der Waals surface area (Å²) in [5, 5.41) is 9.13. The van der Waals surface area contributed by atoms with Gasteiger partial charge in [-0.05, 0) is 5.56 Å². The Morgan fingerprint density at radius 2 is 2.11 bits per heavy atom. The van der Waals surface area contributed by atoms with Crippen LogP contribution >= 0.6 is 0 Å². The van der Waals surface area contributed by atoms with Crippen LogP contribution in [-0.2, 0) is 20.9 Å². The van der Waals surface area contributed by atoms with Crippen molar-refractivity contribution >= 4 is 12.1 Å². The van der Waals surface area contributed by atoms with Gasteiger partial charge in [0, 0.05) is 8.39 Å². The molecule has 0 aliphatic heterocycles. The van der Waals surface area contributed by atoms with Gasteiger partial charge < -0.3 is 14.6 Å². The number of nitrogens with zero attached hydrogens (tertiary/aromatic N) is 1. The molecule has 0 bridgehead atoms. The summed E-state index contributed by atoms with van der Waals surface area (Å²) in [4.78, 5) is 24.0. The highest BCUT2D eigenvalue weighted by atomic mass is 16.6. The Bertz CT molecular complexity index is 440. The van der Waals surface area contributed by atoms with Gasteiger partial charge in [-0.15, -0.1) is 0 Å². The Balaban J connectivity index is 2.64. The number of esters is 1. The zero-order valence-corrected chi connectivity index (χ0v) is 10.6. The number of methoxy groups -OCH3 is 1. The first-order valence-electron chi connectivity index (χ1n) is 6.30. The zero-order chi connectivity index (χ0) is 15.0. The molecule has 1 aromatic rings. The molecule has 0 heterocycles. The summed E-state index contributed by atoms with van der Waals surface area (Å²) in [6.45, 7) is -0.610. The number of hydrogen-bond donors (Lipinski definition) is 1. The summed E-state index contributed by atoms with van der Waals surface area (Å²) in [6.07, 6.45) is -0.853. The second kappa shape index (κ2) is 7.38. The van der Waals surface area contributed by atoms with Gasteiger partial charge in [0.15, 0.2) is 6.04 Å². The lowest BCUT2D eigenvalue weighted by atomic mass is 10.2. The summed E-state index contributed by atoms with van der Waals surface area (Å²) in [5.74, 6) is -0.795. The van der Waals surface area contributed by atoms with Gasteiger partial charge in [-0.3, -0.25) is 4.90 Å². The van der Waals surface area contributed by atoms with Gasteiger partial charge in [-0.1, -0.05) is 30.3 Å². The topological polar surface area (TPSA) is 76.1 Å². The maximum atomic E-state index is 11.8. The number of likely N-dealkylation sites (N-methyl/N-ethyl adjacent to an activating group) is 1. The van der Waals surface area contributed by atoms with Gasteiger partial charge in [0.1, 0.15) is 6.61 Å². The number of aliphatic hydroxyl groups excluding tert-OH is 1. The summed E-state index contributed by atoms with van der Waals surface area (Å²) >= 11 is 0. The third-order valence-electron chi connectivity index (χ3n) is 2.46. The Kier molecular flexibility index (Phi) is 5.18. The van der Waals surface area contributed by atoms with Crippen molar-refractivity contribution in [2.24, 2.45) is 0 Å². The minimum atomic E-state index is -1.24. The van der Waals surface area contributed by atoms with Crippen molar-refractivity contribution in [1.82, 2.24) is 4.90 Å². The molecule has 0 spiro atoms. The molecule has 6 heteroatoms. The van der Waals surface area contributed by atoms with E-state index in [4.69, 9.17) is 11.2 Å². The molecule has 1 aromatic carbocycles. The molecule has 0 aromatic heterocycles. The second-order valence-corrected chi connectivity index (χ2v) is 3.73. The molecule has 0 aliphatic rings. The van der Waals surface area contributed by atoms with E-state index in [2.05, 4.69) is 4.74 Å². The van der Waals surface area contributed by atoms with Gasteiger partial charge in [-0.2, -0.15) is 0 Å². The van der Waals surface area contributed by atoms with Crippen molar-refractivity contribution in [1.29, 1.82) is 0 Å². The van der Waals surface area contributed by atoms with Gasteiger partial charge >= 0.3 is 12.1 Å². The minimum absolute atomic E-state index is 0.0233. The number of carbonyl (C=O) groups is 2. The van der Waals surface area contributed by atoms with E-state index in [1.807, 2.05) is 6.07 Å². The van der Waals surface area contributed by atoms with E-state index in [1.54, 1.807) is 24.3 Å². The lowest BCUT2D eigenvalue weighted by Crippen LogP contribution is -2.45. The zero-order valence-electron chi connectivity index (χ0n) is 11.6. The standard InChI is InChI=1S/C13H17NO5/c1-14(11(8-15)12(16)18-2)13(17)19-9-10-6-4-3-5-7-10/h3-7,11,15H,8-9H2,1-2H3/t11-/m0/s1/i1D. The first-order chi connectivity index (χ1) is 9.63. The number of aliphatic hydroxyl groups is 1. The molecule has 104 valence electrons. The molecule has 1 atom stereocenters. The third kappa shape index (κ3) is 4.26. The fourth-order valence-electron chi connectivity index (χ4n) is 1.37. The van der Waals surface area contributed by atoms with Crippen LogP contribution in [0.1, 0.15) is 6.93 Å². The maximum Gasteiger partial charge on any atom is 0.410 e. The van der Waals surface area contributed by atoms with Crippen molar-refractivity contribution in [3.63, 3.8) is 0 Å². The molecule has 1 amide bonds. The molecule has 0 fully saturated rings. The normalized spacial score (nSPS) is 12.2. The van der Waals surface area contributed by atoms with Crippen LogP contribution in [-0.4, -0.2) is 48.9 Å². The Labute approximate surface area is 112 Å². The molecule has 1 rings (SSSR count). The highest BCUT2D eigenvalue weighted by Crippen LogP contribution is 2.05. The lowest BCUT2D eigenvalue weighted by Gasteiger charge is -2.23. The molecule has 0 radical (unpaired) electrons. The van der Waals surface area contributed by atoms with Crippen LogP contribution in [0.5, 0.6) is 0 Å². The van der Waals surface area contributed by atoms with Crippen molar-refractivity contribution in [2.75, 3.05) is 20.7 Å². The number of benzene rings is 1. The van der Waals surface area contributed by atoms with Crippen LogP contribution < -0.4 is 0 Å². The fourth-order valence-corrected chi connectivity index (χ4v) is 1.37. The van der Waals surface area contributed by atoms with E-state index in [0.717, 1.165) is 17.6 Å². The number of carbonyl (C=O) groups excluding carboxylic acids is 2. The second-order valence-electron chi connectivity index (χ2n) is 3.73. The van der Waals surface area contributed by atoms with E-state index >= 15 is 0 Å². The van der Waals surface area contributed by atoms with Crippen molar-refractivity contribution in [2.45, 2.75) is 12.6 Å². The Hall–Kier alpha value is -2.08. The predicted molar refractivity (Wildman–Crippen MR) is 67.3 cm³/mol. The van der Waals surface area contributed by atoms with Gasteiger partial charge in [0.2, 0.25) is 0 Å². The molecular formula is C13H17NO5. The van der Waals surface area contributed by atoms with E-state index < -0.39 is 31.7 Å². The van der Waals surface area contributed by atoms with Crippen LogP contribution in [0.15, 0.2) is 30.3 Å². The van der Waals surface area contributed by atoms with Gasteiger partial charge in [0.05, 0.1) is 13.7 Å². The molecule has 0 unspecified atom stereocenters. The average Bonchev–Trinajstić information content (AvgIpc) is 2.50. The SMILES string of the molecule is [2H]CN(C(=O)OCc1ccccc1)[C@@H](CO)C(=O)OC. The van der Waals surface area contributed by atoms with Gasteiger partial charge in [0.25, 0.3) is 0 Å². The summed E-state index contributed by atoms with van der Waals surface area (Å²) in [6, 6.07) is 7.76. The Morgan fingerprint density at radius 3 is 2.63 bits per heavy atom. The molecule has 1 N–H and O–H groups in total. The highest BCUT2D eigenvalue weighted by molar-refractivity contribution is 5.81. The van der Waals surface area contributed by atoms with E-state index in [-0.39, 0.29) is 6.61 Å². The van der Waals surface area contributed by atoms with Crippen LogP contribution in [0.2, 0.25) is 0 Å². The first-order valence-corrected chi connectivity index (χ1v) is 5.59. The first kappa shape index (κ1) is 13.4. The number of hydrogen-bond acceptors (Lipinski definition) is 5. The van der Waals surface area contributed by atoms with E-state index in [1.165, 1.54) is 0 Å². The molecular weight excluding hydrogens is 250 g/mol. The largest absolute Gasteiger partial charge is 0.467 e. The van der Waals surface area contributed by atoms with Crippen LogP contribution in [0.4, 0.5) is 4.79 Å². The lowest BCUT2D eigenvalue weighted by molar-refractivity contribution is -0.147. The molecule has 0 aliphatic carbocycles. The summed E-state index contributed by atoms with van der Waals surface area (Å²) < 4.78 is 16.8. The number of rotatable bonds is 5. The maximum absolute atomic E-state index is 11.8. The average molecular weight is 268 g/mol. The third-order valence-corrected chi connectivity index (χ3v) is 2.46. The van der Waals surface area contributed by atoms with E-state index in [9.17, 15) is 9.59 Å². The van der Waals surface area contributed by atoms with Gasteiger partial charge in [-0.25, -0.2) is 9.59 Å². The fraction of sp³-hybridized carbons (Fsp3) is 0.385. The minimum Gasteiger partial charge on any atom is -0.467 e. The molecule has 0 saturated heterocycles. The van der Waals surface area contributed by atoms with Crippen LogP contribution in [0.25, 0.3) is 0 Å². The van der Waals surface area contributed by atoms with Crippen LogP contribution in [0.3, 0.4) is 0 Å². The molecule has 19 heavy (non-hydrogen) atoms.